The summed E-state index contributed by atoms with van der Waals surface area (Å²) in [7, 11) is 0. The van der Waals surface area contributed by atoms with Crippen LogP contribution in [0.15, 0.2) is 46.9 Å². The third-order valence-electron chi connectivity index (χ3n) is 3.98. The van der Waals surface area contributed by atoms with Gasteiger partial charge >= 0.3 is 0 Å². The fourth-order valence-electron chi connectivity index (χ4n) is 2.93. The molecule has 0 aliphatic heterocycles. The zero-order valence-electron chi connectivity index (χ0n) is 12.7. The minimum Gasteiger partial charge on any atom is -0.484 e. The molecule has 0 aromatic heterocycles. The normalized spacial score (nSPS) is 16.5. The van der Waals surface area contributed by atoms with Gasteiger partial charge in [0.05, 0.1) is 6.04 Å². The lowest BCUT2D eigenvalue weighted by Crippen LogP contribution is -2.34. The number of carbonyl (C=O) groups excluding carboxylic acids is 1. The lowest BCUT2D eigenvalue weighted by atomic mass is 9.87. The first kappa shape index (κ1) is 15.9. The number of fused-ring (bicyclic) bond motifs is 1. The van der Waals surface area contributed by atoms with Crippen molar-refractivity contribution in [3.63, 3.8) is 0 Å². The van der Waals surface area contributed by atoms with Gasteiger partial charge in [-0.2, -0.15) is 0 Å². The van der Waals surface area contributed by atoms with E-state index in [0.29, 0.717) is 5.75 Å². The number of hydrogen-bond acceptors (Lipinski definition) is 3. The lowest BCUT2D eigenvalue weighted by molar-refractivity contribution is -0.123. The molecule has 2 aromatic rings. The number of aryl methyl sites for hydroxylation is 1. The Hall–Kier alpha value is -2.01. The molecule has 0 fully saturated rings. The second-order valence-corrected chi connectivity index (χ2v) is 6.63. The first-order chi connectivity index (χ1) is 11.1. The molecule has 1 aliphatic carbocycles. The molecule has 3 N–H and O–H groups in total. The summed E-state index contributed by atoms with van der Waals surface area (Å²) in [6.45, 7) is 0.0112. The number of benzene rings is 2. The van der Waals surface area contributed by atoms with Crippen LogP contribution in [0.1, 0.15) is 30.0 Å². The molecule has 3 rings (SSSR count). The Morgan fingerprint density at radius 2 is 2.17 bits per heavy atom. The summed E-state index contributed by atoms with van der Waals surface area (Å²) in [4.78, 5) is 12.2. The van der Waals surface area contributed by atoms with E-state index < -0.39 is 0 Å². The molecule has 1 atom stereocenters. The van der Waals surface area contributed by atoms with E-state index in [1.54, 1.807) is 0 Å². The van der Waals surface area contributed by atoms with E-state index in [4.69, 9.17) is 10.5 Å². The molecular formula is C18H19BrN2O2. The van der Waals surface area contributed by atoms with Crippen LogP contribution in [-0.2, 0) is 11.2 Å². The molecule has 0 saturated carbocycles. The van der Waals surface area contributed by atoms with E-state index in [-0.39, 0.29) is 18.6 Å². The molecule has 1 amide bonds. The van der Waals surface area contributed by atoms with Gasteiger partial charge in [0.15, 0.2) is 6.61 Å². The van der Waals surface area contributed by atoms with Crippen LogP contribution in [0, 0.1) is 0 Å². The SMILES string of the molecule is Nc1ccc2c(c1)CCCC2NC(=O)COc1cccc(Br)c1. The molecule has 120 valence electrons. The summed E-state index contributed by atoms with van der Waals surface area (Å²) in [5.74, 6) is 0.561. The first-order valence-electron chi connectivity index (χ1n) is 7.68. The monoisotopic (exact) mass is 374 g/mol. The minimum absolute atomic E-state index is 0.0112. The molecule has 4 nitrogen and oxygen atoms in total. The maximum Gasteiger partial charge on any atom is 0.258 e. The zero-order valence-corrected chi connectivity index (χ0v) is 14.3. The van der Waals surface area contributed by atoms with Gasteiger partial charge in [-0.05, 0) is 60.7 Å². The number of halogens is 1. The number of hydrogen-bond donors (Lipinski definition) is 2. The Kier molecular flexibility index (Phi) is 4.86. The summed E-state index contributed by atoms with van der Waals surface area (Å²) in [5, 5.41) is 3.06. The van der Waals surface area contributed by atoms with Crippen molar-refractivity contribution in [3.05, 3.63) is 58.1 Å². The third-order valence-corrected chi connectivity index (χ3v) is 4.48. The Bertz CT molecular complexity index is 718. The molecule has 0 saturated heterocycles. The third kappa shape index (κ3) is 4.05. The molecule has 0 bridgehead atoms. The Morgan fingerprint density at radius 1 is 1.30 bits per heavy atom. The van der Waals surface area contributed by atoms with Gasteiger partial charge in [-0.3, -0.25) is 4.79 Å². The largest absolute Gasteiger partial charge is 0.484 e. The van der Waals surface area contributed by atoms with Crippen LogP contribution >= 0.6 is 15.9 Å². The summed E-state index contributed by atoms with van der Waals surface area (Å²) in [6, 6.07) is 13.4. The number of nitrogens with one attached hydrogen (secondary N) is 1. The number of rotatable bonds is 4. The van der Waals surface area contributed by atoms with Crippen molar-refractivity contribution in [2.24, 2.45) is 0 Å². The van der Waals surface area contributed by atoms with E-state index in [1.807, 2.05) is 42.5 Å². The highest BCUT2D eigenvalue weighted by atomic mass is 79.9. The van der Waals surface area contributed by atoms with Crippen LogP contribution in [0.3, 0.4) is 0 Å². The predicted molar refractivity (Wildman–Crippen MR) is 94.3 cm³/mol. The number of nitrogens with two attached hydrogens (primary N) is 1. The van der Waals surface area contributed by atoms with Crippen molar-refractivity contribution in [3.8, 4) is 5.75 Å². The Balaban J connectivity index is 1.61. The highest BCUT2D eigenvalue weighted by Crippen LogP contribution is 2.30. The summed E-state index contributed by atoms with van der Waals surface area (Å²) < 4.78 is 6.46. The molecule has 0 heterocycles. The van der Waals surface area contributed by atoms with Crippen LogP contribution in [0.4, 0.5) is 5.69 Å². The standard InChI is InChI=1S/C18H19BrN2O2/c19-13-4-2-5-15(10-13)23-11-18(22)21-17-6-1-3-12-9-14(20)7-8-16(12)17/h2,4-5,7-10,17H,1,3,6,11,20H2,(H,21,22). The van der Waals surface area contributed by atoms with E-state index in [9.17, 15) is 4.79 Å². The van der Waals surface area contributed by atoms with Crippen molar-refractivity contribution in [1.82, 2.24) is 5.32 Å². The average Bonchev–Trinajstić information content (AvgIpc) is 2.53. The van der Waals surface area contributed by atoms with Crippen molar-refractivity contribution >= 4 is 27.5 Å². The van der Waals surface area contributed by atoms with Gasteiger partial charge in [-0.1, -0.05) is 28.1 Å². The van der Waals surface area contributed by atoms with Crippen molar-refractivity contribution in [1.29, 1.82) is 0 Å². The minimum atomic E-state index is -0.111. The summed E-state index contributed by atoms with van der Waals surface area (Å²) >= 11 is 3.38. The zero-order chi connectivity index (χ0) is 16.2. The maximum absolute atomic E-state index is 12.2. The quantitative estimate of drug-likeness (QED) is 0.803. The highest BCUT2D eigenvalue weighted by molar-refractivity contribution is 9.10. The molecule has 1 aliphatic rings. The second kappa shape index (κ2) is 7.04. The van der Waals surface area contributed by atoms with Gasteiger partial charge in [0.1, 0.15) is 5.75 Å². The summed E-state index contributed by atoms with van der Waals surface area (Å²) in [6.07, 6.45) is 3.01. The lowest BCUT2D eigenvalue weighted by Gasteiger charge is -2.26. The van der Waals surface area contributed by atoms with Gasteiger partial charge in [0.2, 0.25) is 0 Å². The van der Waals surface area contributed by atoms with E-state index in [2.05, 4.69) is 21.2 Å². The maximum atomic E-state index is 12.2. The predicted octanol–water partition coefficient (Wildman–Crippen LogP) is 3.60. The summed E-state index contributed by atoms with van der Waals surface area (Å²) in [5.41, 5.74) is 9.01. The number of carbonyl (C=O) groups is 1. The van der Waals surface area contributed by atoms with Crippen LogP contribution in [-0.4, -0.2) is 12.5 Å². The average molecular weight is 375 g/mol. The molecule has 0 spiro atoms. The van der Waals surface area contributed by atoms with Gasteiger partial charge < -0.3 is 15.8 Å². The van der Waals surface area contributed by atoms with Gasteiger partial charge in [0.25, 0.3) is 5.91 Å². The Labute approximate surface area is 144 Å². The van der Waals surface area contributed by atoms with Crippen LogP contribution < -0.4 is 15.8 Å². The number of ether oxygens (including phenoxy) is 1. The second-order valence-electron chi connectivity index (χ2n) is 5.72. The van der Waals surface area contributed by atoms with Crippen LogP contribution in [0.25, 0.3) is 0 Å². The van der Waals surface area contributed by atoms with Crippen LogP contribution in [0.2, 0.25) is 0 Å². The van der Waals surface area contributed by atoms with Gasteiger partial charge in [-0.25, -0.2) is 0 Å². The molecule has 23 heavy (non-hydrogen) atoms. The fraction of sp³-hybridized carbons (Fsp3) is 0.278. The Morgan fingerprint density at radius 3 is 3.00 bits per heavy atom. The van der Waals surface area contributed by atoms with E-state index in [0.717, 1.165) is 29.4 Å². The highest BCUT2D eigenvalue weighted by Gasteiger charge is 2.22. The molecular weight excluding hydrogens is 356 g/mol. The van der Waals surface area contributed by atoms with Crippen LogP contribution in [0.5, 0.6) is 5.75 Å². The number of nitrogen functional groups attached to an aromatic ring is 1. The topological polar surface area (TPSA) is 64.3 Å². The number of anilines is 1. The van der Waals surface area contributed by atoms with E-state index in [1.165, 1.54) is 11.1 Å². The van der Waals surface area contributed by atoms with Gasteiger partial charge in [-0.15, -0.1) is 0 Å². The van der Waals surface area contributed by atoms with Crippen molar-refractivity contribution in [2.45, 2.75) is 25.3 Å². The van der Waals surface area contributed by atoms with Crippen molar-refractivity contribution in [2.75, 3.05) is 12.3 Å². The fourth-order valence-corrected chi connectivity index (χ4v) is 3.30. The van der Waals surface area contributed by atoms with Crippen molar-refractivity contribution < 1.29 is 9.53 Å². The first-order valence-corrected chi connectivity index (χ1v) is 8.47. The number of amides is 1. The smallest absolute Gasteiger partial charge is 0.258 e. The molecule has 1 unspecified atom stereocenters. The van der Waals surface area contributed by atoms with E-state index >= 15 is 0 Å². The van der Waals surface area contributed by atoms with Gasteiger partial charge in [0, 0.05) is 10.2 Å². The molecule has 0 radical (unpaired) electrons. The molecule has 2 aromatic carbocycles. The molecule has 5 heteroatoms.